The molecule has 3 atom stereocenters. The van der Waals surface area contributed by atoms with Gasteiger partial charge in [-0.25, -0.2) is 4.39 Å². The van der Waals surface area contributed by atoms with E-state index in [0.29, 0.717) is 18.1 Å². The van der Waals surface area contributed by atoms with Gasteiger partial charge in [0.15, 0.2) is 0 Å². The molecule has 3 aliphatic rings. The molecule has 1 aliphatic heterocycles. The number of aliphatic hydroxyl groups is 1. The predicted molar refractivity (Wildman–Crippen MR) is 93.5 cm³/mol. The predicted octanol–water partition coefficient (Wildman–Crippen LogP) is 3.17. The molecular formula is C20H29FN2O. The van der Waals surface area contributed by atoms with Crippen LogP contribution in [0.3, 0.4) is 0 Å². The molecule has 0 spiro atoms. The van der Waals surface area contributed by atoms with Crippen LogP contribution in [0, 0.1) is 5.82 Å². The Morgan fingerprint density at radius 2 is 1.83 bits per heavy atom. The summed E-state index contributed by atoms with van der Waals surface area (Å²) < 4.78 is 13.5. The first-order valence-corrected chi connectivity index (χ1v) is 9.67. The van der Waals surface area contributed by atoms with Crippen molar-refractivity contribution in [2.75, 3.05) is 13.1 Å². The second-order valence-corrected chi connectivity index (χ2v) is 7.83. The van der Waals surface area contributed by atoms with Gasteiger partial charge in [0.2, 0.25) is 0 Å². The van der Waals surface area contributed by atoms with Crippen LogP contribution in [0.2, 0.25) is 0 Å². The van der Waals surface area contributed by atoms with E-state index in [4.69, 9.17) is 0 Å². The van der Waals surface area contributed by atoms with Gasteiger partial charge in [-0.1, -0.05) is 18.9 Å². The molecule has 1 heterocycles. The zero-order valence-electron chi connectivity index (χ0n) is 14.4. The van der Waals surface area contributed by atoms with Gasteiger partial charge in [-0.05, 0) is 61.8 Å². The highest BCUT2D eigenvalue weighted by Gasteiger charge is 2.32. The lowest BCUT2D eigenvalue weighted by molar-refractivity contribution is 0.00660. The second kappa shape index (κ2) is 7.11. The largest absolute Gasteiger partial charge is 0.391 e. The fourth-order valence-corrected chi connectivity index (χ4v) is 4.95. The second-order valence-electron chi connectivity index (χ2n) is 7.83. The van der Waals surface area contributed by atoms with Gasteiger partial charge in [0, 0.05) is 31.2 Å². The first-order valence-electron chi connectivity index (χ1n) is 9.67. The molecule has 0 unspecified atom stereocenters. The summed E-state index contributed by atoms with van der Waals surface area (Å²) in [6.07, 6.45) is 8.81. The van der Waals surface area contributed by atoms with Crippen molar-refractivity contribution in [3.63, 3.8) is 0 Å². The number of likely N-dealkylation sites (tertiary alicyclic amines) is 1. The van der Waals surface area contributed by atoms with Crippen molar-refractivity contribution in [2.24, 2.45) is 0 Å². The molecule has 3 nitrogen and oxygen atoms in total. The van der Waals surface area contributed by atoms with Crippen molar-refractivity contribution in [3.05, 3.63) is 35.1 Å². The molecule has 2 N–H and O–H groups in total. The van der Waals surface area contributed by atoms with Gasteiger partial charge in [-0.15, -0.1) is 0 Å². The molecule has 2 aliphatic carbocycles. The van der Waals surface area contributed by atoms with Crippen LogP contribution >= 0.6 is 0 Å². The quantitative estimate of drug-likeness (QED) is 0.892. The van der Waals surface area contributed by atoms with Gasteiger partial charge in [0.1, 0.15) is 5.82 Å². The number of hydrogen-bond acceptors (Lipinski definition) is 3. The van der Waals surface area contributed by atoms with Crippen LogP contribution < -0.4 is 5.32 Å². The molecule has 0 radical (unpaired) electrons. The molecule has 0 aromatic heterocycles. The Kier molecular flexibility index (Phi) is 4.88. The molecule has 4 heteroatoms. The minimum Gasteiger partial charge on any atom is -0.391 e. The standard InChI is InChI=1S/C20H29FN2O/c21-15-7-5-14-6-8-18(17(14)13-15)22-16-9-11-23(12-10-16)19-3-1-2-4-20(19)24/h5,7,13,16,18-20,22,24H,1-4,6,8-12H2/t18-,19-,20-/m1/s1. The number of rotatable bonds is 3. The fourth-order valence-electron chi connectivity index (χ4n) is 4.95. The molecule has 1 saturated heterocycles. The Morgan fingerprint density at radius 3 is 2.62 bits per heavy atom. The van der Waals surface area contributed by atoms with Crippen LogP contribution in [-0.2, 0) is 6.42 Å². The molecule has 1 saturated carbocycles. The van der Waals surface area contributed by atoms with E-state index < -0.39 is 0 Å². The molecule has 24 heavy (non-hydrogen) atoms. The Labute approximate surface area is 144 Å². The smallest absolute Gasteiger partial charge is 0.123 e. The topological polar surface area (TPSA) is 35.5 Å². The molecule has 2 fully saturated rings. The highest BCUT2D eigenvalue weighted by atomic mass is 19.1. The lowest BCUT2D eigenvalue weighted by Gasteiger charge is -2.42. The Morgan fingerprint density at radius 1 is 1.04 bits per heavy atom. The number of nitrogens with one attached hydrogen (secondary N) is 1. The summed E-state index contributed by atoms with van der Waals surface area (Å²) in [5.74, 6) is -0.122. The molecule has 1 aromatic carbocycles. The maximum absolute atomic E-state index is 13.5. The molecular weight excluding hydrogens is 303 g/mol. The maximum atomic E-state index is 13.5. The van der Waals surface area contributed by atoms with Crippen molar-refractivity contribution < 1.29 is 9.50 Å². The Hall–Kier alpha value is -0.970. The van der Waals surface area contributed by atoms with Crippen LogP contribution in [0.25, 0.3) is 0 Å². The lowest BCUT2D eigenvalue weighted by atomic mass is 9.89. The van der Waals surface area contributed by atoms with Gasteiger partial charge < -0.3 is 10.4 Å². The third-order valence-corrected chi connectivity index (χ3v) is 6.32. The van der Waals surface area contributed by atoms with E-state index in [0.717, 1.165) is 51.6 Å². The third kappa shape index (κ3) is 3.37. The zero-order chi connectivity index (χ0) is 16.5. The van der Waals surface area contributed by atoms with Crippen molar-refractivity contribution in [1.82, 2.24) is 10.2 Å². The number of hydrogen-bond donors (Lipinski definition) is 2. The average Bonchev–Trinajstić information content (AvgIpc) is 2.98. The minimum atomic E-state index is -0.132. The van der Waals surface area contributed by atoms with Crippen LogP contribution in [0.15, 0.2) is 18.2 Å². The van der Waals surface area contributed by atoms with Gasteiger partial charge >= 0.3 is 0 Å². The number of aryl methyl sites for hydroxylation is 1. The minimum absolute atomic E-state index is 0.122. The van der Waals surface area contributed by atoms with E-state index in [1.165, 1.54) is 24.0 Å². The number of fused-ring (bicyclic) bond motifs is 1. The van der Waals surface area contributed by atoms with Crippen LogP contribution in [0.4, 0.5) is 4.39 Å². The SMILES string of the molecule is O[C@@H]1CCCC[C@H]1N1CCC(N[C@@H]2CCc3ccc(F)cc32)CC1. The molecule has 0 bridgehead atoms. The van der Waals surface area contributed by atoms with E-state index in [1.807, 2.05) is 6.07 Å². The van der Waals surface area contributed by atoms with Gasteiger partial charge in [0.25, 0.3) is 0 Å². The summed E-state index contributed by atoms with van der Waals surface area (Å²) in [6, 6.07) is 6.44. The van der Waals surface area contributed by atoms with Crippen molar-refractivity contribution in [1.29, 1.82) is 0 Å². The monoisotopic (exact) mass is 332 g/mol. The van der Waals surface area contributed by atoms with Gasteiger partial charge in [-0.3, -0.25) is 4.90 Å². The average molecular weight is 332 g/mol. The first-order chi connectivity index (χ1) is 11.7. The van der Waals surface area contributed by atoms with Crippen LogP contribution in [0.1, 0.15) is 62.1 Å². The summed E-state index contributed by atoms with van der Waals surface area (Å²) in [5, 5.41) is 14.0. The normalized spacial score (nSPS) is 32.0. The third-order valence-electron chi connectivity index (χ3n) is 6.32. The highest BCUT2D eigenvalue weighted by Crippen LogP contribution is 2.33. The molecule has 1 aromatic rings. The van der Waals surface area contributed by atoms with Gasteiger partial charge in [-0.2, -0.15) is 0 Å². The van der Waals surface area contributed by atoms with E-state index in [2.05, 4.69) is 10.2 Å². The summed E-state index contributed by atoms with van der Waals surface area (Å²) in [6.45, 7) is 2.14. The molecule has 132 valence electrons. The lowest BCUT2D eigenvalue weighted by Crippen LogP contribution is -2.51. The number of nitrogens with zero attached hydrogens (tertiary/aromatic N) is 1. The van der Waals surface area contributed by atoms with Crippen molar-refractivity contribution in [2.45, 2.75) is 75.6 Å². The van der Waals surface area contributed by atoms with E-state index in [9.17, 15) is 9.50 Å². The summed E-state index contributed by atoms with van der Waals surface area (Å²) >= 11 is 0. The number of benzene rings is 1. The fraction of sp³-hybridized carbons (Fsp3) is 0.700. The van der Waals surface area contributed by atoms with E-state index >= 15 is 0 Å². The zero-order valence-corrected chi connectivity index (χ0v) is 14.4. The Balaban J connectivity index is 1.32. The van der Waals surface area contributed by atoms with Crippen LogP contribution in [0.5, 0.6) is 0 Å². The molecule has 0 amide bonds. The number of piperidine rings is 1. The number of halogens is 1. The van der Waals surface area contributed by atoms with Gasteiger partial charge in [0.05, 0.1) is 6.10 Å². The van der Waals surface area contributed by atoms with Crippen molar-refractivity contribution in [3.8, 4) is 0 Å². The van der Waals surface area contributed by atoms with Crippen molar-refractivity contribution >= 4 is 0 Å². The summed E-state index contributed by atoms with van der Waals surface area (Å²) in [4.78, 5) is 2.50. The summed E-state index contributed by atoms with van der Waals surface area (Å²) in [5.41, 5.74) is 2.47. The summed E-state index contributed by atoms with van der Waals surface area (Å²) in [7, 11) is 0. The number of aliphatic hydroxyl groups excluding tert-OH is 1. The van der Waals surface area contributed by atoms with Crippen LogP contribution in [-0.4, -0.2) is 41.3 Å². The van der Waals surface area contributed by atoms with E-state index in [-0.39, 0.29) is 11.9 Å². The Bertz CT molecular complexity index is 571. The first kappa shape index (κ1) is 16.5. The maximum Gasteiger partial charge on any atom is 0.123 e. The van der Waals surface area contributed by atoms with E-state index in [1.54, 1.807) is 12.1 Å². The highest BCUT2D eigenvalue weighted by molar-refractivity contribution is 5.35. The molecule has 4 rings (SSSR count).